The Morgan fingerprint density at radius 1 is 1.25 bits per heavy atom. The predicted octanol–water partition coefficient (Wildman–Crippen LogP) is 1.08. The number of nitrogens with one attached hydrogen (secondary N) is 1. The van der Waals surface area contributed by atoms with Crippen molar-refractivity contribution in [1.82, 2.24) is 10.2 Å². The second kappa shape index (κ2) is 5.28. The number of aliphatic carboxylic acids is 1. The van der Waals surface area contributed by atoms with Crippen LogP contribution in [0.15, 0.2) is 0 Å². The van der Waals surface area contributed by atoms with Gasteiger partial charge in [-0.15, -0.1) is 0 Å². The van der Waals surface area contributed by atoms with Crippen molar-refractivity contribution in [1.29, 1.82) is 0 Å². The van der Waals surface area contributed by atoms with E-state index in [9.17, 15) is 9.90 Å². The average Bonchev–Trinajstić information content (AvgIpc) is 3.21. The summed E-state index contributed by atoms with van der Waals surface area (Å²) >= 11 is 0. The van der Waals surface area contributed by atoms with Crippen molar-refractivity contribution >= 4 is 5.97 Å². The Hall–Kier alpha value is -0.650. The summed E-state index contributed by atoms with van der Waals surface area (Å²) in [6.07, 6.45) is 4.70. The van der Waals surface area contributed by atoms with Crippen molar-refractivity contribution in [2.24, 2.45) is 5.92 Å². The van der Waals surface area contributed by atoms with Crippen LogP contribution >= 0.6 is 0 Å². The fourth-order valence-electron chi connectivity index (χ4n) is 3.53. The van der Waals surface area contributed by atoms with Crippen LogP contribution < -0.4 is 5.32 Å². The number of morpholine rings is 1. The summed E-state index contributed by atoms with van der Waals surface area (Å²) in [5, 5.41) is 13.3. The molecule has 3 rings (SSSR count). The first-order valence-corrected chi connectivity index (χ1v) is 7.88. The Balaban J connectivity index is 1.73. The van der Waals surface area contributed by atoms with Gasteiger partial charge in [0.15, 0.2) is 0 Å². The molecule has 0 aromatic rings. The van der Waals surface area contributed by atoms with E-state index in [2.05, 4.69) is 24.1 Å². The second-order valence-corrected chi connectivity index (χ2v) is 6.92. The van der Waals surface area contributed by atoms with Crippen LogP contribution in [0.25, 0.3) is 0 Å². The minimum absolute atomic E-state index is 0.186. The Morgan fingerprint density at radius 2 is 1.85 bits per heavy atom. The van der Waals surface area contributed by atoms with Crippen molar-refractivity contribution in [2.75, 3.05) is 19.6 Å². The van der Waals surface area contributed by atoms with Gasteiger partial charge in [-0.1, -0.05) is 0 Å². The van der Waals surface area contributed by atoms with Gasteiger partial charge in [-0.05, 0) is 45.4 Å². The van der Waals surface area contributed by atoms with Crippen LogP contribution in [0.1, 0.15) is 39.5 Å². The lowest BCUT2D eigenvalue weighted by molar-refractivity contribution is -0.149. The minimum Gasteiger partial charge on any atom is -0.480 e. The zero-order chi connectivity index (χ0) is 14.3. The number of nitrogens with zero attached hydrogens (tertiary/aromatic N) is 1. The Morgan fingerprint density at radius 3 is 2.30 bits per heavy atom. The Labute approximate surface area is 120 Å². The lowest BCUT2D eigenvalue weighted by Gasteiger charge is -2.41. The van der Waals surface area contributed by atoms with E-state index in [0.717, 1.165) is 38.8 Å². The summed E-state index contributed by atoms with van der Waals surface area (Å²) in [5.74, 6) is -0.368. The monoisotopic (exact) mass is 282 g/mol. The summed E-state index contributed by atoms with van der Waals surface area (Å²) in [7, 11) is 0. The van der Waals surface area contributed by atoms with Crippen LogP contribution in [0.2, 0.25) is 0 Å². The molecular weight excluding hydrogens is 256 g/mol. The third-order valence-corrected chi connectivity index (χ3v) is 4.66. The number of carboxylic acid groups (broad SMARTS) is 1. The predicted molar refractivity (Wildman–Crippen MR) is 75.7 cm³/mol. The molecule has 2 aliphatic carbocycles. The van der Waals surface area contributed by atoms with Gasteiger partial charge >= 0.3 is 5.97 Å². The summed E-state index contributed by atoms with van der Waals surface area (Å²) in [6, 6.07) is 0.419. The van der Waals surface area contributed by atoms with Gasteiger partial charge in [0.05, 0.1) is 12.2 Å². The van der Waals surface area contributed by atoms with Crippen molar-refractivity contribution < 1.29 is 14.6 Å². The van der Waals surface area contributed by atoms with Crippen LogP contribution in [-0.2, 0) is 9.53 Å². The van der Waals surface area contributed by atoms with E-state index in [1.807, 2.05) is 0 Å². The Kier molecular flexibility index (Phi) is 3.77. The molecular formula is C15H26N2O3. The van der Waals surface area contributed by atoms with E-state index in [1.165, 1.54) is 0 Å². The first-order valence-electron chi connectivity index (χ1n) is 7.88. The van der Waals surface area contributed by atoms with Gasteiger partial charge in [-0.3, -0.25) is 15.0 Å². The molecule has 1 aliphatic heterocycles. The molecule has 1 heterocycles. The van der Waals surface area contributed by atoms with Gasteiger partial charge in [0.2, 0.25) is 0 Å². The van der Waals surface area contributed by atoms with E-state index in [4.69, 9.17) is 4.74 Å². The molecule has 0 spiro atoms. The van der Waals surface area contributed by atoms with Crippen LogP contribution in [0.4, 0.5) is 0 Å². The molecule has 5 heteroatoms. The van der Waals surface area contributed by atoms with Crippen LogP contribution in [0.3, 0.4) is 0 Å². The summed E-state index contributed by atoms with van der Waals surface area (Å²) in [4.78, 5) is 14.3. The van der Waals surface area contributed by atoms with E-state index in [0.29, 0.717) is 18.5 Å². The topological polar surface area (TPSA) is 61.8 Å². The average molecular weight is 282 g/mol. The number of carboxylic acids is 1. The van der Waals surface area contributed by atoms with Crippen molar-refractivity contribution in [3.05, 3.63) is 0 Å². The fourth-order valence-corrected chi connectivity index (χ4v) is 3.53. The number of hydrogen-bond donors (Lipinski definition) is 2. The first-order chi connectivity index (χ1) is 9.49. The highest BCUT2D eigenvalue weighted by Crippen LogP contribution is 2.42. The molecule has 3 atom stereocenters. The molecule has 0 radical (unpaired) electrons. The van der Waals surface area contributed by atoms with E-state index >= 15 is 0 Å². The van der Waals surface area contributed by atoms with Crippen LogP contribution in [0, 0.1) is 5.92 Å². The summed E-state index contributed by atoms with van der Waals surface area (Å²) < 4.78 is 5.75. The quantitative estimate of drug-likeness (QED) is 0.763. The fraction of sp³-hybridized carbons (Fsp3) is 0.933. The van der Waals surface area contributed by atoms with E-state index < -0.39 is 11.5 Å². The zero-order valence-corrected chi connectivity index (χ0v) is 12.5. The molecule has 20 heavy (non-hydrogen) atoms. The van der Waals surface area contributed by atoms with Crippen molar-refractivity contribution in [3.63, 3.8) is 0 Å². The maximum atomic E-state index is 12.0. The normalized spacial score (nSPS) is 34.7. The summed E-state index contributed by atoms with van der Waals surface area (Å²) in [5.41, 5.74) is -0.738. The van der Waals surface area contributed by atoms with Crippen molar-refractivity contribution in [3.8, 4) is 0 Å². The lowest BCUT2D eigenvalue weighted by atomic mass is 9.91. The highest BCUT2D eigenvalue weighted by molar-refractivity contribution is 5.80. The second-order valence-electron chi connectivity index (χ2n) is 6.92. The van der Waals surface area contributed by atoms with Crippen molar-refractivity contribution in [2.45, 2.75) is 63.3 Å². The standard InChI is InChI=1S/C15H26N2O3/c1-10-7-17(8-11(2)20-10)9-15(14(18)19,12-3-4-12)16-13-5-6-13/h10-13,16H,3-9H2,1-2H3,(H,18,19). The van der Waals surface area contributed by atoms with Gasteiger partial charge in [-0.2, -0.15) is 0 Å². The lowest BCUT2D eigenvalue weighted by Crippen LogP contribution is -2.63. The molecule has 3 aliphatic rings. The largest absolute Gasteiger partial charge is 0.480 e. The van der Waals surface area contributed by atoms with Gasteiger partial charge in [0, 0.05) is 25.7 Å². The molecule has 0 bridgehead atoms. The van der Waals surface area contributed by atoms with E-state index in [1.54, 1.807) is 0 Å². The molecule has 3 fully saturated rings. The molecule has 114 valence electrons. The number of carbonyl (C=O) groups is 1. The maximum absolute atomic E-state index is 12.0. The van der Waals surface area contributed by atoms with Crippen LogP contribution in [0.5, 0.6) is 0 Å². The first kappa shape index (κ1) is 14.3. The summed E-state index contributed by atoms with van der Waals surface area (Å²) in [6.45, 7) is 6.41. The number of ether oxygens (including phenoxy) is 1. The molecule has 0 aromatic heterocycles. The zero-order valence-electron chi connectivity index (χ0n) is 12.5. The highest BCUT2D eigenvalue weighted by Gasteiger charge is 2.54. The van der Waals surface area contributed by atoms with Crippen LogP contribution in [-0.4, -0.2) is 59.4 Å². The smallest absolute Gasteiger partial charge is 0.325 e. The number of hydrogen-bond acceptors (Lipinski definition) is 4. The molecule has 2 saturated carbocycles. The highest BCUT2D eigenvalue weighted by atomic mass is 16.5. The van der Waals surface area contributed by atoms with E-state index in [-0.39, 0.29) is 12.2 Å². The SMILES string of the molecule is CC1CN(CC(NC2CC2)(C(=O)O)C2CC2)CC(C)O1. The maximum Gasteiger partial charge on any atom is 0.325 e. The minimum atomic E-state index is -0.738. The third-order valence-electron chi connectivity index (χ3n) is 4.66. The van der Waals surface area contributed by atoms with Gasteiger partial charge in [-0.25, -0.2) is 0 Å². The molecule has 0 amide bonds. The molecule has 2 N–H and O–H groups in total. The van der Waals surface area contributed by atoms with Gasteiger partial charge < -0.3 is 9.84 Å². The molecule has 1 saturated heterocycles. The van der Waals surface area contributed by atoms with Gasteiger partial charge in [0.1, 0.15) is 5.54 Å². The Bertz CT molecular complexity index is 371. The number of rotatable bonds is 6. The third kappa shape index (κ3) is 3.00. The molecule has 3 unspecified atom stereocenters. The molecule has 0 aromatic carbocycles. The molecule has 5 nitrogen and oxygen atoms in total. The van der Waals surface area contributed by atoms with Gasteiger partial charge in [0.25, 0.3) is 0 Å².